The summed E-state index contributed by atoms with van der Waals surface area (Å²) in [5.74, 6) is 0.803. The van der Waals surface area contributed by atoms with E-state index in [-0.39, 0.29) is 0 Å². The van der Waals surface area contributed by atoms with Crippen LogP contribution in [0.25, 0.3) is 0 Å². The van der Waals surface area contributed by atoms with Gasteiger partial charge in [-0.05, 0) is 12.1 Å². The highest BCUT2D eigenvalue weighted by Gasteiger charge is 2.05. The summed E-state index contributed by atoms with van der Waals surface area (Å²) < 4.78 is 16.8. The Morgan fingerprint density at radius 1 is 1.18 bits per heavy atom. The van der Waals surface area contributed by atoms with Crippen molar-refractivity contribution >= 4 is 15.9 Å². The van der Waals surface area contributed by atoms with Crippen LogP contribution >= 0.6 is 15.9 Å². The van der Waals surface area contributed by atoms with Crippen LogP contribution in [-0.4, -0.2) is 33.5 Å². The van der Waals surface area contributed by atoms with Gasteiger partial charge < -0.3 is 19.9 Å². The number of hydrogen-bond acceptors (Lipinski definition) is 4. The third kappa shape index (κ3) is 5.04. The Kier molecular flexibility index (Phi) is 7.19. The molecule has 1 rings (SSSR count). The third-order valence-electron chi connectivity index (χ3n) is 2.20. The van der Waals surface area contributed by atoms with E-state index >= 15 is 0 Å². The fourth-order valence-corrected chi connectivity index (χ4v) is 1.84. The Morgan fingerprint density at radius 3 is 2.65 bits per heavy atom. The highest BCUT2D eigenvalue weighted by molar-refractivity contribution is 9.10. The van der Waals surface area contributed by atoms with Gasteiger partial charge in [0.2, 0.25) is 0 Å². The van der Waals surface area contributed by atoms with Crippen molar-refractivity contribution in [2.45, 2.75) is 6.54 Å². The number of halogens is 1. The summed E-state index contributed by atoms with van der Waals surface area (Å²) in [6.07, 6.45) is 0. The highest BCUT2D eigenvalue weighted by atomic mass is 79.9. The lowest BCUT2D eigenvalue weighted by molar-refractivity contribution is 0.0542. The molecule has 0 spiro atoms. The molecule has 0 saturated carbocycles. The van der Waals surface area contributed by atoms with Crippen LogP contribution in [0, 0.1) is 0 Å². The second-order valence-corrected chi connectivity index (χ2v) is 4.23. The quantitative estimate of drug-likeness (QED) is 0.746. The standard InChI is InChI=1S/C12H18BrNO3/c1-15-5-6-16-7-8-17-12-4-2-3-11(13)10(12)9-14/h2-4H,5-9,14H2,1H3. The van der Waals surface area contributed by atoms with Crippen LogP contribution in [0.15, 0.2) is 22.7 Å². The maximum Gasteiger partial charge on any atom is 0.125 e. The summed E-state index contributed by atoms with van der Waals surface area (Å²) in [5.41, 5.74) is 6.64. The van der Waals surface area contributed by atoms with Crippen LogP contribution in [0.5, 0.6) is 5.75 Å². The van der Waals surface area contributed by atoms with Crippen molar-refractivity contribution in [3.63, 3.8) is 0 Å². The smallest absolute Gasteiger partial charge is 0.125 e. The molecule has 96 valence electrons. The molecule has 0 radical (unpaired) electrons. The van der Waals surface area contributed by atoms with Crippen LogP contribution in [0.4, 0.5) is 0 Å². The van der Waals surface area contributed by atoms with E-state index in [1.54, 1.807) is 7.11 Å². The normalized spacial score (nSPS) is 10.5. The van der Waals surface area contributed by atoms with Crippen molar-refractivity contribution in [2.75, 3.05) is 33.5 Å². The number of benzene rings is 1. The summed E-state index contributed by atoms with van der Waals surface area (Å²) in [4.78, 5) is 0. The molecular formula is C12H18BrNO3. The zero-order valence-corrected chi connectivity index (χ0v) is 11.5. The van der Waals surface area contributed by atoms with Gasteiger partial charge in [-0.15, -0.1) is 0 Å². The average Bonchev–Trinajstić information content (AvgIpc) is 2.34. The van der Waals surface area contributed by atoms with E-state index in [1.165, 1.54) is 0 Å². The van der Waals surface area contributed by atoms with Crippen LogP contribution in [0.3, 0.4) is 0 Å². The van der Waals surface area contributed by atoms with Crippen LogP contribution in [0.2, 0.25) is 0 Å². The number of rotatable bonds is 8. The van der Waals surface area contributed by atoms with E-state index in [1.807, 2.05) is 18.2 Å². The molecule has 17 heavy (non-hydrogen) atoms. The number of methoxy groups -OCH3 is 1. The first-order valence-electron chi connectivity index (χ1n) is 5.46. The van der Waals surface area contributed by atoms with Gasteiger partial charge in [-0.2, -0.15) is 0 Å². The zero-order valence-electron chi connectivity index (χ0n) is 9.95. The SMILES string of the molecule is COCCOCCOc1cccc(Br)c1CN. The molecule has 0 aliphatic rings. The Bertz CT molecular complexity index is 334. The summed E-state index contributed by atoms with van der Waals surface area (Å²) in [6, 6.07) is 5.77. The maximum atomic E-state index is 5.66. The van der Waals surface area contributed by atoms with Gasteiger partial charge in [0, 0.05) is 23.7 Å². The van der Waals surface area contributed by atoms with E-state index in [0.717, 1.165) is 15.8 Å². The fraction of sp³-hybridized carbons (Fsp3) is 0.500. The van der Waals surface area contributed by atoms with Crippen LogP contribution in [-0.2, 0) is 16.0 Å². The maximum absolute atomic E-state index is 5.66. The molecule has 0 bridgehead atoms. The second-order valence-electron chi connectivity index (χ2n) is 3.37. The van der Waals surface area contributed by atoms with Crippen molar-refractivity contribution < 1.29 is 14.2 Å². The minimum absolute atomic E-state index is 0.446. The monoisotopic (exact) mass is 303 g/mol. The predicted molar refractivity (Wildman–Crippen MR) is 70.2 cm³/mol. The predicted octanol–water partition coefficient (Wildman–Crippen LogP) is 1.95. The fourth-order valence-electron chi connectivity index (χ4n) is 1.33. The molecule has 0 aliphatic heterocycles. The molecule has 0 unspecified atom stereocenters. The summed E-state index contributed by atoms with van der Waals surface area (Å²) in [7, 11) is 1.65. The first kappa shape index (κ1) is 14.4. The van der Waals surface area contributed by atoms with Gasteiger partial charge >= 0.3 is 0 Å². The van der Waals surface area contributed by atoms with Crippen molar-refractivity contribution in [3.8, 4) is 5.75 Å². The largest absolute Gasteiger partial charge is 0.491 e. The number of hydrogen-bond donors (Lipinski definition) is 1. The average molecular weight is 304 g/mol. The molecule has 1 aromatic carbocycles. The molecule has 0 heterocycles. The van der Waals surface area contributed by atoms with Gasteiger partial charge in [0.25, 0.3) is 0 Å². The molecule has 0 saturated heterocycles. The molecular weight excluding hydrogens is 286 g/mol. The molecule has 5 heteroatoms. The Balaban J connectivity index is 2.33. The van der Waals surface area contributed by atoms with Gasteiger partial charge in [0.15, 0.2) is 0 Å². The molecule has 1 aromatic rings. The molecule has 0 atom stereocenters. The molecule has 4 nitrogen and oxygen atoms in total. The minimum atomic E-state index is 0.446. The van der Waals surface area contributed by atoms with Crippen molar-refractivity contribution in [3.05, 3.63) is 28.2 Å². The molecule has 0 fully saturated rings. The Labute approximate surface area is 110 Å². The first-order valence-corrected chi connectivity index (χ1v) is 6.25. The summed E-state index contributed by atoms with van der Waals surface area (Å²) in [6.45, 7) is 2.68. The van der Waals surface area contributed by atoms with Crippen molar-refractivity contribution in [1.82, 2.24) is 0 Å². The van der Waals surface area contributed by atoms with Gasteiger partial charge in [-0.1, -0.05) is 22.0 Å². The molecule has 2 N–H and O–H groups in total. The van der Waals surface area contributed by atoms with Crippen molar-refractivity contribution in [2.24, 2.45) is 5.73 Å². The van der Waals surface area contributed by atoms with E-state index < -0.39 is 0 Å². The number of nitrogens with two attached hydrogens (primary N) is 1. The molecule has 0 amide bonds. The third-order valence-corrected chi connectivity index (χ3v) is 2.94. The van der Waals surface area contributed by atoms with Crippen LogP contribution < -0.4 is 10.5 Å². The van der Waals surface area contributed by atoms with E-state index in [4.69, 9.17) is 19.9 Å². The van der Waals surface area contributed by atoms with Gasteiger partial charge in [0.05, 0.1) is 19.8 Å². The molecule has 0 aromatic heterocycles. The summed E-state index contributed by atoms with van der Waals surface area (Å²) >= 11 is 3.44. The van der Waals surface area contributed by atoms with Gasteiger partial charge in [0.1, 0.15) is 12.4 Å². The van der Waals surface area contributed by atoms with E-state index in [2.05, 4.69) is 15.9 Å². The lowest BCUT2D eigenvalue weighted by Gasteiger charge is -2.11. The lowest BCUT2D eigenvalue weighted by Crippen LogP contribution is -2.11. The van der Waals surface area contributed by atoms with E-state index in [9.17, 15) is 0 Å². The highest BCUT2D eigenvalue weighted by Crippen LogP contribution is 2.26. The van der Waals surface area contributed by atoms with Gasteiger partial charge in [-0.3, -0.25) is 0 Å². The topological polar surface area (TPSA) is 53.7 Å². The lowest BCUT2D eigenvalue weighted by atomic mass is 10.2. The van der Waals surface area contributed by atoms with E-state index in [0.29, 0.717) is 33.0 Å². The van der Waals surface area contributed by atoms with Crippen LogP contribution in [0.1, 0.15) is 5.56 Å². The van der Waals surface area contributed by atoms with Crippen molar-refractivity contribution in [1.29, 1.82) is 0 Å². The number of ether oxygens (including phenoxy) is 3. The minimum Gasteiger partial charge on any atom is -0.491 e. The van der Waals surface area contributed by atoms with Gasteiger partial charge in [-0.25, -0.2) is 0 Å². The Hall–Kier alpha value is -0.620. The molecule has 0 aliphatic carbocycles. The Morgan fingerprint density at radius 2 is 1.94 bits per heavy atom. The second kappa shape index (κ2) is 8.47. The summed E-state index contributed by atoms with van der Waals surface area (Å²) in [5, 5.41) is 0. The zero-order chi connectivity index (χ0) is 12.5. The first-order chi connectivity index (χ1) is 8.29.